The molecule has 2 atom stereocenters. The standard InChI is InChI=1S/C30H26FN3O2/c1-20(22-8-3-2-4-9-22)32-29(35)23-10-7-11-25(18-23)33-28-26-12-5-6-13-27(26)30(36)34(28)19-21-14-16-24(31)17-15-21/h2-18,20,28,33H,19H2,1H3,(H,32,35). The summed E-state index contributed by atoms with van der Waals surface area (Å²) >= 11 is 0. The van der Waals surface area contributed by atoms with Crippen LogP contribution in [0.25, 0.3) is 0 Å². The van der Waals surface area contributed by atoms with E-state index in [9.17, 15) is 14.0 Å². The van der Waals surface area contributed by atoms with Crippen molar-refractivity contribution in [3.63, 3.8) is 0 Å². The van der Waals surface area contributed by atoms with Gasteiger partial charge in [-0.3, -0.25) is 9.59 Å². The van der Waals surface area contributed by atoms with E-state index in [0.29, 0.717) is 23.4 Å². The van der Waals surface area contributed by atoms with E-state index in [1.807, 2.05) is 73.7 Å². The van der Waals surface area contributed by atoms with Crippen molar-refractivity contribution in [2.45, 2.75) is 25.7 Å². The van der Waals surface area contributed by atoms with Gasteiger partial charge in [0.25, 0.3) is 11.8 Å². The minimum atomic E-state index is -0.430. The molecule has 36 heavy (non-hydrogen) atoms. The van der Waals surface area contributed by atoms with Crippen molar-refractivity contribution in [1.82, 2.24) is 10.2 Å². The largest absolute Gasteiger partial charge is 0.361 e. The van der Waals surface area contributed by atoms with E-state index in [1.54, 1.807) is 29.2 Å². The first-order chi connectivity index (χ1) is 17.5. The summed E-state index contributed by atoms with van der Waals surface area (Å²) in [5, 5.41) is 6.48. The average Bonchev–Trinajstić information content (AvgIpc) is 3.16. The van der Waals surface area contributed by atoms with Crippen LogP contribution in [0.4, 0.5) is 10.1 Å². The quantitative estimate of drug-likeness (QED) is 0.338. The van der Waals surface area contributed by atoms with Crippen molar-refractivity contribution < 1.29 is 14.0 Å². The molecular weight excluding hydrogens is 453 g/mol. The van der Waals surface area contributed by atoms with Crippen molar-refractivity contribution in [3.05, 3.63) is 137 Å². The molecule has 4 aromatic carbocycles. The SMILES string of the molecule is CC(NC(=O)c1cccc(NC2c3ccccc3C(=O)N2Cc2ccc(F)cc2)c1)c1ccccc1. The van der Waals surface area contributed by atoms with Crippen molar-refractivity contribution in [1.29, 1.82) is 0 Å². The normalized spacial score (nSPS) is 15.3. The molecule has 2 N–H and O–H groups in total. The summed E-state index contributed by atoms with van der Waals surface area (Å²) in [6, 6.07) is 30.5. The number of rotatable bonds is 7. The lowest BCUT2D eigenvalue weighted by Crippen LogP contribution is -2.32. The predicted molar refractivity (Wildman–Crippen MR) is 138 cm³/mol. The third kappa shape index (κ3) is 4.84. The molecule has 1 aliphatic heterocycles. The maximum absolute atomic E-state index is 13.4. The summed E-state index contributed by atoms with van der Waals surface area (Å²) in [4.78, 5) is 27.9. The molecule has 0 saturated heterocycles. The first-order valence-corrected chi connectivity index (χ1v) is 11.9. The highest BCUT2D eigenvalue weighted by Gasteiger charge is 2.36. The van der Waals surface area contributed by atoms with Crippen molar-refractivity contribution in [2.24, 2.45) is 0 Å². The van der Waals surface area contributed by atoms with Gasteiger partial charge in [0.05, 0.1) is 6.04 Å². The highest BCUT2D eigenvalue weighted by atomic mass is 19.1. The first kappa shape index (κ1) is 23.3. The van der Waals surface area contributed by atoms with Gasteiger partial charge >= 0.3 is 0 Å². The van der Waals surface area contributed by atoms with Crippen LogP contribution in [0.5, 0.6) is 0 Å². The molecule has 0 aliphatic carbocycles. The lowest BCUT2D eigenvalue weighted by Gasteiger charge is -2.27. The molecular formula is C30H26FN3O2. The average molecular weight is 480 g/mol. The third-order valence-corrected chi connectivity index (χ3v) is 6.40. The van der Waals surface area contributed by atoms with Gasteiger partial charge in [0.1, 0.15) is 12.0 Å². The Balaban J connectivity index is 1.37. The van der Waals surface area contributed by atoms with Gasteiger partial charge in [0, 0.05) is 28.9 Å². The van der Waals surface area contributed by atoms with Gasteiger partial charge in [0.2, 0.25) is 0 Å². The maximum atomic E-state index is 13.4. The number of fused-ring (bicyclic) bond motifs is 1. The van der Waals surface area contributed by atoms with E-state index in [-0.39, 0.29) is 23.7 Å². The highest BCUT2D eigenvalue weighted by Crippen LogP contribution is 2.35. The zero-order valence-corrected chi connectivity index (χ0v) is 19.8. The molecule has 5 rings (SSSR count). The number of nitrogens with zero attached hydrogens (tertiary/aromatic N) is 1. The van der Waals surface area contributed by atoms with Crippen LogP contribution < -0.4 is 10.6 Å². The molecule has 4 aromatic rings. The van der Waals surface area contributed by atoms with Gasteiger partial charge in [0.15, 0.2) is 0 Å². The zero-order valence-electron chi connectivity index (χ0n) is 19.8. The van der Waals surface area contributed by atoms with Gasteiger partial charge in [-0.15, -0.1) is 0 Å². The number of nitrogens with one attached hydrogen (secondary N) is 2. The van der Waals surface area contributed by atoms with Gasteiger partial charge in [-0.05, 0) is 54.4 Å². The highest BCUT2D eigenvalue weighted by molar-refractivity contribution is 5.99. The van der Waals surface area contributed by atoms with Crippen molar-refractivity contribution in [2.75, 3.05) is 5.32 Å². The number of carbonyl (C=O) groups excluding carboxylic acids is 2. The molecule has 0 aromatic heterocycles. The zero-order chi connectivity index (χ0) is 25.1. The third-order valence-electron chi connectivity index (χ3n) is 6.40. The Kier molecular flexibility index (Phi) is 6.50. The Hall–Kier alpha value is -4.45. The molecule has 2 unspecified atom stereocenters. The molecule has 5 nitrogen and oxygen atoms in total. The summed E-state index contributed by atoms with van der Waals surface area (Å²) < 4.78 is 13.4. The fourth-order valence-corrected chi connectivity index (χ4v) is 4.49. The van der Waals surface area contributed by atoms with Crippen LogP contribution in [0.1, 0.15) is 56.5 Å². The number of halogens is 1. The minimum Gasteiger partial charge on any atom is -0.361 e. The van der Waals surface area contributed by atoms with E-state index in [0.717, 1.165) is 16.7 Å². The smallest absolute Gasteiger partial charge is 0.256 e. The van der Waals surface area contributed by atoms with Crippen molar-refractivity contribution >= 4 is 17.5 Å². The van der Waals surface area contributed by atoms with Gasteiger partial charge < -0.3 is 15.5 Å². The fraction of sp³-hybridized carbons (Fsp3) is 0.133. The van der Waals surface area contributed by atoms with Crippen LogP contribution in [-0.4, -0.2) is 16.7 Å². The molecule has 0 spiro atoms. The second-order valence-corrected chi connectivity index (χ2v) is 8.88. The second-order valence-electron chi connectivity index (χ2n) is 8.88. The van der Waals surface area contributed by atoms with Crippen LogP contribution >= 0.6 is 0 Å². The molecule has 0 bridgehead atoms. The summed E-state index contributed by atoms with van der Waals surface area (Å²) in [6.07, 6.45) is -0.430. The summed E-state index contributed by atoms with van der Waals surface area (Å²) in [5.74, 6) is -0.597. The molecule has 1 aliphatic rings. The van der Waals surface area contributed by atoms with Crippen LogP contribution in [0.2, 0.25) is 0 Å². The molecule has 0 saturated carbocycles. The van der Waals surface area contributed by atoms with Crippen molar-refractivity contribution in [3.8, 4) is 0 Å². The lowest BCUT2D eigenvalue weighted by molar-refractivity contribution is 0.0728. The monoisotopic (exact) mass is 479 g/mol. The molecule has 1 heterocycles. The Bertz CT molecular complexity index is 1390. The summed E-state index contributed by atoms with van der Waals surface area (Å²) in [7, 11) is 0. The van der Waals surface area contributed by atoms with E-state index in [4.69, 9.17) is 0 Å². The molecule has 180 valence electrons. The van der Waals surface area contributed by atoms with E-state index < -0.39 is 6.17 Å². The summed E-state index contributed by atoms with van der Waals surface area (Å²) in [5.41, 5.74) is 4.57. The van der Waals surface area contributed by atoms with Gasteiger partial charge in [-0.25, -0.2) is 4.39 Å². The van der Waals surface area contributed by atoms with E-state index in [1.165, 1.54) is 12.1 Å². The van der Waals surface area contributed by atoms with Crippen LogP contribution in [-0.2, 0) is 6.54 Å². The molecule has 2 amide bonds. The fourth-order valence-electron chi connectivity index (χ4n) is 4.49. The lowest BCUT2D eigenvalue weighted by atomic mass is 10.1. The topological polar surface area (TPSA) is 61.4 Å². The number of benzene rings is 4. The Morgan fingerprint density at radius 2 is 1.64 bits per heavy atom. The van der Waals surface area contributed by atoms with Crippen LogP contribution in [0, 0.1) is 5.82 Å². The molecule has 0 radical (unpaired) electrons. The number of hydrogen-bond acceptors (Lipinski definition) is 3. The van der Waals surface area contributed by atoms with Crippen LogP contribution in [0.15, 0.2) is 103 Å². The van der Waals surface area contributed by atoms with E-state index >= 15 is 0 Å². The minimum absolute atomic E-state index is 0.0991. The number of hydrogen-bond donors (Lipinski definition) is 2. The first-order valence-electron chi connectivity index (χ1n) is 11.9. The molecule has 0 fully saturated rings. The predicted octanol–water partition coefficient (Wildman–Crippen LogP) is 6.08. The Morgan fingerprint density at radius 3 is 2.42 bits per heavy atom. The van der Waals surface area contributed by atoms with Gasteiger partial charge in [-0.2, -0.15) is 0 Å². The second kappa shape index (κ2) is 10.0. The maximum Gasteiger partial charge on any atom is 0.256 e. The Morgan fingerprint density at radius 1 is 0.917 bits per heavy atom. The van der Waals surface area contributed by atoms with Crippen LogP contribution in [0.3, 0.4) is 0 Å². The number of amides is 2. The van der Waals surface area contributed by atoms with E-state index in [2.05, 4.69) is 10.6 Å². The van der Waals surface area contributed by atoms with Gasteiger partial charge in [-0.1, -0.05) is 66.7 Å². The number of carbonyl (C=O) groups is 2. The molecule has 6 heteroatoms. The number of anilines is 1. The summed E-state index contributed by atoms with van der Waals surface area (Å²) in [6.45, 7) is 2.27. The Labute approximate surface area is 209 Å².